The Balaban J connectivity index is 2.32. The molecule has 3 N–H and O–H groups in total. The van der Waals surface area contributed by atoms with Crippen LogP contribution in [-0.2, 0) is 0 Å². The van der Waals surface area contributed by atoms with E-state index in [-0.39, 0.29) is 0 Å². The third kappa shape index (κ3) is 1.66. The highest BCUT2D eigenvalue weighted by molar-refractivity contribution is 5.94. The standard InChI is InChI=1S/C13H11N5/c14-18-13-12(16-7-8-17-13)10-5-1-3-9-4-2-6-15-11(9)10/h1-8H,14H2,(H,17,18). The van der Waals surface area contributed by atoms with Gasteiger partial charge in [-0.2, -0.15) is 0 Å². The number of nitrogens with one attached hydrogen (secondary N) is 1. The van der Waals surface area contributed by atoms with E-state index in [4.69, 9.17) is 5.84 Å². The van der Waals surface area contributed by atoms with E-state index in [9.17, 15) is 0 Å². The Morgan fingerprint density at radius 3 is 2.61 bits per heavy atom. The topological polar surface area (TPSA) is 76.7 Å². The van der Waals surface area contributed by atoms with E-state index in [1.807, 2.05) is 30.3 Å². The second-order valence-electron chi connectivity index (χ2n) is 3.78. The van der Waals surface area contributed by atoms with Crippen LogP contribution in [-0.4, -0.2) is 15.0 Å². The smallest absolute Gasteiger partial charge is 0.166 e. The van der Waals surface area contributed by atoms with Gasteiger partial charge < -0.3 is 5.43 Å². The Hall–Kier alpha value is -2.53. The quantitative estimate of drug-likeness (QED) is 0.526. The number of pyridine rings is 1. The van der Waals surface area contributed by atoms with Crippen molar-refractivity contribution in [3.8, 4) is 11.3 Å². The fourth-order valence-electron chi connectivity index (χ4n) is 1.94. The zero-order valence-electron chi connectivity index (χ0n) is 9.54. The van der Waals surface area contributed by atoms with Crippen LogP contribution in [0.25, 0.3) is 22.2 Å². The normalized spacial score (nSPS) is 10.5. The second-order valence-corrected chi connectivity index (χ2v) is 3.78. The predicted molar refractivity (Wildman–Crippen MR) is 70.6 cm³/mol. The molecule has 0 spiro atoms. The molecule has 0 saturated carbocycles. The molecule has 2 heterocycles. The molecule has 0 aliphatic rings. The average molecular weight is 237 g/mol. The molecule has 0 unspecified atom stereocenters. The zero-order chi connectivity index (χ0) is 12.4. The number of anilines is 1. The molecule has 0 fully saturated rings. The summed E-state index contributed by atoms with van der Waals surface area (Å²) in [4.78, 5) is 12.9. The number of hydrogen-bond donors (Lipinski definition) is 2. The molecule has 88 valence electrons. The lowest BCUT2D eigenvalue weighted by Gasteiger charge is -2.08. The molecule has 18 heavy (non-hydrogen) atoms. The van der Waals surface area contributed by atoms with Crippen LogP contribution in [0, 0.1) is 0 Å². The van der Waals surface area contributed by atoms with Gasteiger partial charge in [-0.3, -0.25) is 9.97 Å². The molecule has 3 rings (SSSR count). The highest BCUT2D eigenvalue weighted by Gasteiger charge is 2.10. The molecule has 0 radical (unpaired) electrons. The maximum absolute atomic E-state index is 5.46. The number of nitrogen functional groups attached to an aromatic ring is 1. The summed E-state index contributed by atoms with van der Waals surface area (Å²) in [5.74, 6) is 6.00. The minimum absolute atomic E-state index is 0.538. The van der Waals surface area contributed by atoms with Gasteiger partial charge in [0.1, 0.15) is 5.69 Å². The van der Waals surface area contributed by atoms with Crippen LogP contribution in [0.5, 0.6) is 0 Å². The minimum Gasteiger partial charge on any atom is -0.307 e. The van der Waals surface area contributed by atoms with Crippen LogP contribution in [0.3, 0.4) is 0 Å². The summed E-state index contributed by atoms with van der Waals surface area (Å²) in [5, 5.41) is 1.06. The number of nitrogens with zero attached hydrogens (tertiary/aromatic N) is 3. The van der Waals surface area contributed by atoms with Gasteiger partial charge in [-0.05, 0) is 6.07 Å². The van der Waals surface area contributed by atoms with Crippen LogP contribution in [0.1, 0.15) is 0 Å². The van der Waals surface area contributed by atoms with E-state index in [0.717, 1.165) is 16.5 Å². The lowest BCUT2D eigenvalue weighted by atomic mass is 10.1. The van der Waals surface area contributed by atoms with Crippen LogP contribution in [0.2, 0.25) is 0 Å². The van der Waals surface area contributed by atoms with Crippen molar-refractivity contribution in [2.75, 3.05) is 5.43 Å². The molecule has 0 atom stereocenters. The molecule has 2 aromatic heterocycles. The summed E-state index contributed by atoms with van der Waals surface area (Å²) < 4.78 is 0. The van der Waals surface area contributed by atoms with Crippen LogP contribution in [0.4, 0.5) is 5.82 Å². The summed E-state index contributed by atoms with van der Waals surface area (Å²) in [5.41, 5.74) is 5.05. The van der Waals surface area contributed by atoms with E-state index in [2.05, 4.69) is 20.4 Å². The number of hydrazine groups is 1. The van der Waals surface area contributed by atoms with E-state index in [1.165, 1.54) is 0 Å². The predicted octanol–water partition coefficient (Wildman–Crippen LogP) is 1.98. The van der Waals surface area contributed by atoms with Crippen molar-refractivity contribution in [2.45, 2.75) is 0 Å². The molecule has 5 heteroatoms. The van der Waals surface area contributed by atoms with Gasteiger partial charge in [-0.1, -0.05) is 24.3 Å². The van der Waals surface area contributed by atoms with Gasteiger partial charge in [-0.25, -0.2) is 10.8 Å². The number of hydrogen-bond acceptors (Lipinski definition) is 5. The van der Waals surface area contributed by atoms with Crippen molar-refractivity contribution >= 4 is 16.7 Å². The molecular formula is C13H11N5. The Morgan fingerprint density at radius 1 is 0.889 bits per heavy atom. The highest BCUT2D eigenvalue weighted by Crippen LogP contribution is 2.28. The molecule has 3 aromatic rings. The molecular weight excluding hydrogens is 226 g/mol. The van der Waals surface area contributed by atoms with Crippen LogP contribution >= 0.6 is 0 Å². The fourth-order valence-corrected chi connectivity index (χ4v) is 1.94. The van der Waals surface area contributed by atoms with Crippen molar-refractivity contribution in [1.29, 1.82) is 0 Å². The van der Waals surface area contributed by atoms with E-state index >= 15 is 0 Å². The van der Waals surface area contributed by atoms with Gasteiger partial charge in [0.25, 0.3) is 0 Å². The first-order chi connectivity index (χ1) is 8.90. The second kappa shape index (κ2) is 4.38. The van der Waals surface area contributed by atoms with Gasteiger partial charge >= 0.3 is 0 Å². The largest absolute Gasteiger partial charge is 0.307 e. The SMILES string of the molecule is NNc1nccnc1-c1cccc2cccnc12. The fraction of sp³-hybridized carbons (Fsp3) is 0. The number of rotatable bonds is 2. The van der Waals surface area contributed by atoms with Gasteiger partial charge in [0.05, 0.1) is 5.52 Å². The average Bonchev–Trinajstić information content (AvgIpc) is 2.46. The Labute approximate surface area is 104 Å². The maximum atomic E-state index is 5.46. The summed E-state index contributed by atoms with van der Waals surface area (Å²) in [6.45, 7) is 0. The maximum Gasteiger partial charge on any atom is 0.166 e. The van der Waals surface area contributed by atoms with Crippen molar-refractivity contribution < 1.29 is 0 Å². The third-order valence-electron chi connectivity index (χ3n) is 2.72. The number of aromatic nitrogens is 3. The van der Waals surface area contributed by atoms with Crippen molar-refractivity contribution in [3.63, 3.8) is 0 Å². The van der Waals surface area contributed by atoms with Gasteiger partial charge in [0.2, 0.25) is 0 Å². The van der Waals surface area contributed by atoms with Crippen molar-refractivity contribution in [2.24, 2.45) is 5.84 Å². The monoisotopic (exact) mass is 237 g/mol. The van der Waals surface area contributed by atoms with Gasteiger partial charge in [0, 0.05) is 29.5 Å². The molecule has 0 amide bonds. The first-order valence-corrected chi connectivity index (χ1v) is 5.52. The first-order valence-electron chi connectivity index (χ1n) is 5.52. The van der Waals surface area contributed by atoms with E-state index in [1.54, 1.807) is 18.6 Å². The van der Waals surface area contributed by atoms with Crippen LogP contribution in [0.15, 0.2) is 48.9 Å². The summed E-state index contributed by atoms with van der Waals surface area (Å²) in [7, 11) is 0. The number of benzene rings is 1. The molecule has 0 saturated heterocycles. The first kappa shape index (κ1) is 10.6. The van der Waals surface area contributed by atoms with Crippen molar-refractivity contribution in [1.82, 2.24) is 15.0 Å². The molecule has 1 aromatic carbocycles. The Kier molecular flexibility index (Phi) is 2.59. The molecule has 0 aliphatic carbocycles. The lowest BCUT2D eigenvalue weighted by Crippen LogP contribution is -2.10. The van der Waals surface area contributed by atoms with Gasteiger partial charge in [-0.15, -0.1) is 0 Å². The van der Waals surface area contributed by atoms with Crippen LogP contribution < -0.4 is 11.3 Å². The minimum atomic E-state index is 0.538. The lowest BCUT2D eigenvalue weighted by molar-refractivity contribution is 1.16. The van der Waals surface area contributed by atoms with E-state index < -0.39 is 0 Å². The molecule has 5 nitrogen and oxygen atoms in total. The third-order valence-corrected chi connectivity index (χ3v) is 2.72. The Bertz CT molecular complexity index is 690. The van der Waals surface area contributed by atoms with E-state index in [0.29, 0.717) is 11.5 Å². The Morgan fingerprint density at radius 2 is 1.72 bits per heavy atom. The van der Waals surface area contributed by atoms with Crippen molar-refractivity contribution in [3.05, 3.63) is 48.9 Å². The number of para-hydroxylation sites is 1. The molecule has 0 aliphatic heterocycles. The number of nitrogens with two attached hydrogens (primary N) is 1. The summed E-state index contributed by atoms with van der Waals surface area (Å²) in [6, 6.07) is 9.86. The van der Waals surface area contributed by atoms with Gasteiger partial charge in [0.15, 0.2) is 5.82 Å². The highest BCUT2D eigenvalue weighted by atomic mass is 15.3. The zero-order valence-corrected chi connectivity index (χ0v) is 9.54. The summed E-state index contributed by atoms with van der Waals surface area (Å²) in [6.07, 6.45) is 4.99. The number of fused-ring (bicyclic) bond motifs is 1. The molecule has 0 bridgehead atoms. The summed E-state index contributed by atoms with van der Waals surface area (Å²) >= 11 is 0.